The summed E-state index contributed by atoms with van der Waals surface area (Å²) in [5.74, 6) is 0. The fraction of sp³-hybridized carbons (Fsp3) is 0.545. The maximum Gasteiger partial charge on any atom is 0.0984 e. The van der Waals surface area contributed by atoms with Gasteiger partial charge in [0.05, 0.1) is 29.5 Å². The van der Waals surface area contributed by atoms with Gasteiger partial charge in [0.25, 0.3) is 0 Å². The number of hydrogen-bond acceptors (Lipinski definition) is 4. The van der Waals surface area contributed by atoms with Crippen molar-refractivity contribution in [1.82, 2.24) is 4.98 Å². The molecule has 0 spiro atoms. The molecular weight excluding hydrogens is 228 g/mol. The van der Waals surface area contributed by atoms with Crippen molar-refractivity contribution in [1.29, 1.82) is 0 Å². The molecule has 1 aromatic heterocycles. The van der Waals surface area contributed by atoms with Crippen LogP contribution in [-0.4, -0.2) is 42.0 Å². The highest BCUT2D eigenvalue weighted by molar-refractivity contribution is 6.33. The lowest BCUT2D eigenvalue weighted by atomic mass is 10.2. The Kier molecular flexibility index (Phi) is 3.63. The minimum absolute atomic E-state index is 0.0313. The van der Waals surface area contributed by atoms with Gasteiger partial charge in [-0.1, -0.05) is 11.6 Å². The molecule has 0 saturated carbocycles. The van der Waals surface area contributed by atoms with Crippen LogP contribution in [0.1, 0.15) is 6.92 Å². The summed E-state index contributed by atoms with van der Waals surface area (Å²) in [4.78, 5) is 6.08. The number of pyridine rings is 1. The molecule has 0 bridgehead atoms. The number of halogens is 1. The first kappa shape index (κ1) is 11.6. The van der Waals surface area contributed by atoms with Gasteiger partial charge in [-0.25, -0.2) is 0 Å². The Bertz CT molecular complexity index is 362. The van der Waals surface area contributed by atoms with Gasteiger partial charge in [0.2, 0.25) is 0 Å². The van der Waals surface area contributed by atoms with Gasteiger partial charge in [-0.3, -0.25) is 4.98 Å². The quantitative estimate of drug-likeness (QED) is 0.850. The first-order valence-electron chi connectivity index (χ1n) is 5.31. The second-order valence-corrected chi connectivity index (χ2v) is 4.39. The van der Waals surface area contributed by atoms with Gasteiger partial charge in [-0.2, -0.15) is 0 Å². The minimum Gasteiger partial charge on any atom is -0.394 e. The monoisotopic (exact) mass is 242 g/mol. The number of aliphatic hydroxyl groups excluding tert-OH is 1. The topological polar surface area (TPSA) is 45.6 Å². The van der Waals surface area contributed by atoms with Crippen LogP contribution >= 0.6 is 11.6 Å². The third kappa shape index (κ3) is 2.45. The number of aliphatic hydroxyl groups is 1. The average molecular weight is 243 g/mol. The number of ether oxygens (including phenoxy) is 1. The van der Waals surface area contributed by atoms with Crippen LogP contribution in [0.4, 0.5) is 5.69 Å². The molecule has 0 aliphatic carbocycles. The van der Waals surface area contributed by atoms with Crippen molar-refractivity contribution >= 4 is 17.3 Å². The van der Waals surface area contributed by atoms with Crippen LogP contribution in [-0.2, 0) is 4.74 Å². The summed E-state index contributed by atoms with van der Waals surface area (Å²) in [6.07, 6.45) is 3.29. The number of anilines is 1. The van der Waals surface area contributed by atoms with Crippen LogP contribution in [0, 0.1) is 0 Å². The molecule has 1 fully saturated rings. The molecule has 2 atom stereocenters. The molecule has 1 aliphatic rings. The normalized spacial score (nSPS) is 25.8. The van der Waals surface area contributed by atoms with Crippen LogP contribution in [0.15, 0.2) is 18.5 Å². The predicted molar refractivity (Wildman–Crippen MR) is 62.9 cm³/mol. The van der Waals surface area contributed by atoms with E-state index in [1.807, 2.05) is 13.0 Å². The van der Waals surface area contributed by atoms with Crippen LogP contribution in [0.25, 0.3) is 0 Å². The molecule has 2 unspecified atom stereocenters. The third-order valence-electron chi connectivity index (χ3n) is 2.62. The van der Waals surface area contributed by atoms with Crippen LogP contribution < -0.4 is 4.90 Å². The molecule has 88 valence electrons. The fourth-order valence-corrected chi connectivity index (χ4v) is 2.21. The zero-order valence-electron chi connectivity index (χ0n) is 9.14. The van der Waals surface area contributed by atoms with Gasteiger partial charge < -0.3 is 14.7 Å². The second kappa shape index (κ2) is 4.99. The third-order valence-corrected chi connectivity index (χ3v) is 2.91. The van der Waals surface area contributed by atoms with E-state index in [0.29, 0.717) is 11.6 Å². The van der Waals surface area contributed by atoms with Gasteiger partial charge in [0.1, 0.15) is 0 Å². The zero-order valence-corrected chi connectivity index (χ0v) is 9.89. The Morgan fingerprint density at radius 3 is 3.12 bits per heavy atom. The molecule has 16 heavy (non-hydrogen) atoms. The summed E-state index contributed by atoms with van der Waals surface area (Å²) in [6, 6.07) is 1.88. The summed E-state index contributed by atoms with van der Waals surface area (Å²) in [7, 11) is 0. The van der Waals surface area contributed by atoms with Crippen molar-refractivity contribution in [2.24, 2.45) is 0 Å². The average Bonchev–Trinajstić information content (AvgIpc) is 2.28. The molecule has 1 N–H and O–H groups in total. The Balaban J connectivity index is 2.17. The second-order valence-electron chi connectivity index (χ2n) is 3.98. The number of hydrogen-bond donors (Lipinski definition) is 1. The molecule has 1 aliphatic heterocycles. The van der Waals surface area contributed by atoms with Crippen molar-refractivity contribution in [3.8, 4) is 0 Å². The van der Waals surface area contributed by atoms with Crippen LogP contribution in [0.3, 0.4) is 0 Å². The van der Waals surface area contributed by atoms with E-state index in [2.05, 4.69) is 9.88 Å². The first-order chi connectivity index (χ1) is 7.70. The lowest BCUT2D eigenvalue weighted by Crippen LogP contribution is -2.48. The van der Waals surface area contributed by atoms with Gasteiger partial charge in [-0.05, 0) is 13.0 Å². The largest absolute Gasteiger partial charge is 0.394 e. The van der Waals surface area contributed by atoms with Crippen molar-refractivity contribution in [2.75, 3.05) is 24.6 Å². The summed E-state index contributed by atoms with van der Waals surface area (Å²) in [5, 5.41) is 9.78. The molecule has 0 radical (unpaired) electrons. The van der Waals surface area contributed by atoms with Gasteiger partial charge >= 0.3 is 0 Å². The van der Waals surface area contributed by atoms with Gasteiger partial charge in [0, 0.05) is 25.5 Å². The summed E-state index contributed by atoms with van der Waals surface area (Å²) in [6.45, 7) is 3.46. The maximum absolute atomic E-state index is 9.15. The molecule has 2 rings (SSSR count). The van der Waals surface area contributed by atoms with Crippen molar-refractivity contribution in [3.05, 3.63) is 23.5 Å². The van der Waals surface area contributed by atoms with E-state index in [1.54, 1.807) is 12.4 Å². The Labute approximate surface area is 99.8 Å². The van der Waals surface area contributed by atoms with Crippen molar-refractivity contribution in [3.63, 3.8) is 0 Å². The fourth-order valence-electron chi connectivity index (χ4n) is 1.97. The number of nitrogens with zero attached hydrogens (tertiary/aromatic N) is 2. The smallest absolute Gasteiger partial charge is 0.0984 e. The highest BCUT2D eigenvalue weighted by Crippen LogP contribution is 2.26. The molecule has 2 heterocycles. The lowest BCUT2D eigenvalue weighted by molar-refractivity contribution is -0.0421. The molecule has 1 saturated heterocycles. The summed E-state index contributed by atoms with van der Waals surface area (Å²) in [5.41, 5.74) is 0.949. The maximum atomic E-state index is 9.15. The van der Waals surface area contributed by atoms with Gasteiger partial charge in [-0.15, -0.1) is 0 Å². The number of aromatic nitrogens is 1. The molecule has 5 heteroatoms. The Morgan fingerprint density at radius 1 is 1.62 bits per heavy atom. The minimum atomic E-state index is -0.145. The zero-order chi connectivity index (χ0) is 11.5. The van der Waals surface area contributed by atoms with E-state index >= 15 is 0 Å². The highest BCUT2D eigenvalue weighted by atomic mass is 35.5. The Morgan fingerprint density at radius 2 is 2.44 bits per heavy atom. The van der Waals surface area contributed by atoms with Crippen molar-refractivity contribution < 1.29 is 9.84 Å². The first-order valence-corrected chi connectivity index (χ1v) is 5.69. The standard InChI is InChI=1S/C11H15ClN2O2/c1-8-5-14(6-9(7-15)16-8)11-2-3-13-4-10(11)12/h2-4,8-9,15H,5-7H2,1H3. The van der Waals surface area contributed by atoms with E-state index in [1.165, 1.54) is 0 Å². The van der Waals surface area contributed by atoms with E-state index < -0.39 is 0 Å². The molecule has 1 aromatic rings. The van der Waals surface area contributed by atoms with Crippen LogP contribution in [0.5, 0.6) is 0 Å². The van der Waals surface area contributed by atoms with E-state index in [-0.39, 0.29) is 18.8 Å². The molecule has 0 amide bonds. The van der Waals surface area contributed by atoms with Crippen molar-refractivity contribution in [2.45, 2.75) is 19.1 Å². The highest BCUT2D eigenvalue weighted by Gasteiger charge is 2.25. The van der Waals surface area contributed by atoms with E-state index in [0.717, 1.165) is 12.2 Å². The SMILES string of the molecule is CC1CN(c2ccncc2Cl)CC(CO)O1. The molecule has 0 aromatic carbocycles. The number of morpholine rings is 1. The predicted octanol–water partition coefficient (Wildman–Crippen LogP) is 1.32. The van der Waals surface area contributed by atoms with Gasteiger partial charge in [0.15, 0.2) is 0 Å². The lowest BCUT2D eigenvalue weighted by Gasteiger charge is -2.37. The van der Waals surface area contributed by atoms with E-state index in [4.69, 9.17) is 21.4 Å². The van der Waals surface area contributed by atoms with Crippen LogP contribution in [0.2, 0.25) is 5.02 Å². The molecular formula is C11H15ClN2O2. The Hall–Kier alpha value is -0.840. The summed E-state index contributed by atoms with van der Waals surface area (Å²) < 4.78 is 5.58. The molecule has 4 nitrogen and oxygen atoms in total. The van der Waals surface area contributed by atoms with E-state index in [9.17, 15) is 0 Å². The number of rotatable bonds is 2. The summed E-state index contributed by atoms with van der Waals surface area (Å²) >= 11 is 6.09.